The maximum Gasteiger partial charge on any atom is 0.269 e. The molecule has 0 aliphatic carbocycles. The first-order chi connectivity index (χ1) is 10.1. The zero-order valence-corrected chi connectivity index (χ0v) is 11.1. The molecule has 1 aliphatic heterocycles. The van der Waals surface area contributed by atoms with E-state index in [1.165, 1.54) is 12.1 Å². The Kier molecular flexibility index (Phi) is 3.27. The van der Waals surface area contributed by atoms with E-state index in [0.717, 1.165) is 5.56 Å². The lowest BCUT2D eigenvalue weighted by Gasteiger charge is -2.19. The molecule has 1 amide bonds. The average Bonchev–Trinajstić information content (AvgIpc) is 2.67. The fraction of sp³-hybridized carbons (Fsp3) is 0.133. The summed E-state index contributed by atoms with van der Waals surface area (Å²) in [6, 6.07) is 13.4. The molecule has 1 aliphatic rings. The zero-order valence-electron chi connectivity index (χ0n) is 11.1. The van der Waals surface area contributed by atoms with Crippen LogP contribution in [0.15, 0.2) is 48.5 Å². The Hall–Kier alpha value is -2.89. The largest absolute Gasteiger partial charge is 0.483 e. The van der Waals surface area contributed by atoms with Gasteiger partial charge in [0.2, 0.25) is 0 Å². The van der Waals surface area contributed by atoms with Crippen molar-refractivity contribution >= 4 is 17.3 Å². The van der Waals surface area contributed by atoms with Crippen molar-refractivity contribution in [1.82, 2.24) is 0 Å². The summed E-state index contributed by atoms with van der Waals surface area (Å²) in [4.78, 5) is 23.9. The van der Waals surface area contributed by atoms with Crippen molar-refractivity contribution in [2.75, 3.05) is 11.5 Å². The van der Waals surface area contributed by atoms with Crippen LogP contribution in [0.5, 0.6) is 5.75 Å². The molecule has 106 valence electrons. The number of non-ortho nitro benzene ring substituents is 1. The summed E-state index contributed by atoms with van der Waals surface area (Å²) in [6.45, 7) is 0.334. The molecule has 2 aromatic rings. The molecule has 6 heteroatoms. The van der Waals surface area contributed by atoms with Crippen LogP contribution in [-0.4, -0.2) is 17.4 Å². The van der Waals surface area contributed by atoms with Crippen molar-refractivity contribution in [1.29, 1.82) is 0 Å². The van der Waals surface area contributed by atoms with E-state index in [4.69, 9.17) is 4.74 Å². The average molecular weight is 284 g/mol. The van der Waals surface area contributed by atoms with Crippen molar-refractivity contribution in [3.63, 3.8) is 0 Å². The number of anilines is 1. The number of hydrogen-bond acceptors (Lipinski definition) is 4. The Morgan fingerprint density at radius 1 is 1.10 bits per heavy atom. The van der Waals surface area contributed by atoms with E-state index >= 15 is 0 Å². The molecular formula is C15H12N2O4. The molecule has 0 spiro atoms. The Morgan fingerprint density at radius 3 is 2.52 bits per heavy atom. The van der Waals surface area contributed by atoms with Gasteiger partial charge in [-0.2, -0.15) is 0 Å². The third-order valence-electron chi connectivity index (χ3n) is 3.33. The van der Waals surface area contributed by atoms with Gasteiger partial charge < -0.3 is 9.64 Å². The zero-order chi connectivity index (χ0) is 14.8. The van der Waals surface area contributed by atoms with Crippen LogP contribution < -0.4 is 9.64 Å². The van der Waals surface area contributed by atoms with Gasteiger partial charge in [0.05, 0.1) is 11.5 Å². The summed E-state index contributed by atoms with van der Waals surface area (Å²) in [5, 5.41) is 10.7. The molecule has 0 saturated carbocycles. The van der Waals surface area contributed by atoms with Crippen LogP contribution in [0.3, 0.4) is 0 Å². The van der Waals surface area contributed by atoms with Gasteiger partial charge in [-0.3, -0.25) is 14.9 Å². The molecule has 1 heterocycles. The highest BCUT2D eigenvalue weighted by molar-refractivity contribution is 5.95. The lowest BCUT2D eigenvalue weighted by atomic mass is 10.1. The number of nitrogens with zero attached hydrogens (tertiary/aromatic N) is 2. The normalized spacial score (nSPS) is 14.1. The second-order valence-corrected chi connectivity index (χ2v) is 4.65. The first-order valence-electron chi connectivity index (χ1n) is 6.40. The minimum absolute atomic E-state index is 0.00216. The third kappa shape index (κ3) is 2.55. The number of rotatable bonds is 2. The van der Waals surface area contributed by atoms with E-state index < -0.39 is 4.92 Å². The number of carbonyl (C=O) groups is 1. The number of carbonyl (C=O) groups excluding carboxylic acids is 1. The van der Waals surface area contributed by atoms with Gasteiger partial charge >= 0.3 is 0 Å². The third-order valence-corrected chi connectivity index (χ3v) is 3.33. The summed E-state index contributed by atoms with van der Waals surface area (Å²) in [5.41, 5.74) is 1.52. The predicted octanol–water partition coefficient (Wildman–Crippen LogP) is 2.52. The first-order valence-corrected chi connectivity index (χ1v) is 6.40. The molecule has 0 N–H and O–H groups in total. The summed E-state index contributed by atoms with van der Waals surface area (Å²) < 4.78 is 5.47. The van der Waals surface area contributed by atoms with Crippen LogP contribution in [0.1, 0.15) is 5.56 Å². The van der Waals surface area contributed by atoms with Crippen LogP contribution >= 0.6 is 0 Å². The van der Waals surface area contributed by atoms with Crippen molar-refractivity contribution in [2.45, 2.75) is 6.54 Å². The van der Waals surface area contributed by atoms with E-state index in [-0.39, 0.29) is 18.2 Å². The van der Waals surface area contributed by atoms with Crippen molar-refractivity contribution < 1.29 is 14.5 Å². The quantitative estimate of drug-likeness (QED) is 0.627. The number of fused-ring (bicyclic) bond motifs is 1. The Bertz CT molecular complexity index is 697. The van der Waals surface area contributed by atoms with Crippen LogP contribution in [0.4, 0.5) is 11.4 Å². The van der Waals surface area contributed by atoms with Gasteiger partial charge in [0.15, 0.2) is 6.61 Å². The van der Waals surface area contributed by atoms with Gasteiger partial charge in [-0.25, -0.2) is 0 Å². The summed E-state index contributed by atoms with van der Waals surface area (Å²) in [6.07, 6.45) is 0. The van der Waals surface area contributed by atoms with Crippen molar-refractivity contribution in [3.8, 4) is 5.75 Å². The smallest absolute Gasteiger partial charge is 0.269 e. The highest BCUT2D eigenvalue weighted by atomic mass is 16.6. The number of para-hydroxylation sites is 1. The second-order valence-electron chi connectivity index (χ2n) is 4.65. The fourth-order valence-electron chi connectivity index (χ4n) is 2.24. The molecule has 0 aromatic heterocycles. The lowest BCUT2D eigenvalue weighted by molar-refractivity contribution is -0.384. The molecule has 0 fully saturated rings. The second kappa shape index (κ2) is 5.24. The molecule has 0 saturated heterocycles. The molecule has 0 radical (unpaired) electrons. The van der Waals surface area contributed by atoms with Crippen LogP contribution in [0.25, 0.3) is 0 Å². The molecule has 0 unspecified atom stereocenters. The van der Waals surface area contributed by atoms with Gasteiger partial charge in [-0.05, 0) is 18.2 Å². The number of amides is 1. The molecule has 0 bridgehead atoms. The van der Waals surface area contributed by atoms with Gasteiger partial charge in [-0.1, -0.05) is 18.2 Å². The van der Waals surface area contributed by atoms with Crippen LogP contribution in [-0.2, 0) is 11.3 Å². The Balaban J connectivity index is 1.93. The number of nitro groups is 1. The maximum atomic E-state index is 12.2. The van der Waals surface area contributed by atoms with E-state index in [2.05, 4.69) is 0 Å². The number of hydrogen-bond donors (Lipinski definition) is 0. The van der Waals surface area contributed by atoms with Gasteiger partial charge in [-0.15, -0.1) is 0 Å². The Morgan fingerprint density at radius 2 is 1.81 bits per heavy atom. The van der Waals surface area contributed by atoms with Crippen LogP contribution in [0.2, 0.25) is 0 Å². The SMILES string of the molecule is O=C1COc2ccccc2CN1c1ccc([N+](=O)[O-])cc1. The summed E-state index contributed by atoms with van der Waals surface area (Å²) >= 11 is 0. The van der Waals surface area contributed by atoms with Crippen molar-refractivity contribution in [2.24, 2.45) is 0 Å². The molecule has 2 aromatic carbocycles. The lowest BCUT2D eigenvalue weighted by Crippen LogP contribution is -2.32. The predicted molar refractivity (Wildman–Crippen MR) is 76.2 cm³/mol. The van der Waals surface area contributed by atoms with Gasteiger partial charge in [0, 0.05) is 23.4 Å². The Labute approximate surface area is 120 Å². The highest BCUT2D eigenvalue weighted by Crippen LogP contribution is 2.27. The first kappa shape index (κ1) is 13.1. The molecule has 0 atom stereocenters. The minimum Gasteiger partial charge on any atom is -0.483 e. The summed E-state index contributed by atoms with van der Waals surface area (Å²) in [7, 11) is 0. The highest BCUT2D eigenvalue weighted by Gasteiger charge is 2.23. The molecule has 21 heavy (non-hydrogen) atoms. The standard InChI is InChI=1S/C15H12N2O4/c18-15-10-21-14-4-2-1-3-11(14)9-16(15)12-5-7-13(8-6-12)17(19)20/h1-8H,9-10H2. The molecular weight excluding hydrogens is 272 g/mol. The van der Waals surface area contributed by atoms with E-state index in [9.17, 15) is 14.9 Å². The van der Waals surface area contributed by atoms with Crippen molar-refractivity contribution in [3.05, 3.63) is 64.2 Å². The molecule has 6 nitrogen and oxygen atoms in total. The van der Waals surface area contributed by atoms with E-state index in [0.29, 0.717) is 18.0 Å². The number of ether oxygens (including phenoxy) is 1. The van der Waals surface area contributed by atoms with Gasteiger partial charge in [0.25, 0.3) is 11.6 Å². The fourth-order valence-corrected chi connectivity index (χ4v) is 2.24. The van der Waals surface area contributed by atoms with E-state index in [1.54, 1.807) is 17.0 Å². The number of benzene rings is 2. The monoisotopic (exact) mass is 284 g/mol. The maximum absolute atomic E-state index is 12.2. The van der Waals surface area contributed by atoms with Gasteiger partial charge in [0.1, 0.15) is 5.75 Å². The minimum atomic E-state index is -0.466. The molecule has 3 rings (SSSR count). The summed E-state index contributed by atoms with van der Waals surface area (Å²) in [5.74, 6) is 0.510. The van der Waals surface area contributed by atoms with Crippen LogP contribution in [0, 0.1) is 10.1 Å². The van der Waals surface area contributed by atoms with E-state index in [1.807, 2.05) is 24.3 Å². The number of nitro benzene ring substituents is 1. The topological polar surface area (TPSA) is 72.7 Å².